The number of carbonyl (C=O) groups excluding carboxylic acids is 3. The molecule has 0 spiro atoms. The van der Waals surface area contributed by atoms with E-state index in [1.54, 1.807) is 34.6 Å². The van der Waals surface area contributed by atoms with Crippen LogP contribution in [-0.4, -0.2) is 53.3 Å². The summed E-state index contributed by atoms with van der Waals surface area (Å²) in [5, 5.41) is 16.4. The smallest absolute Gasteiger partial charge is 0.408 e. The number of alkyl carbamates (subject to hydrolysis) is 1. The van der Waals surface area contributed by atoms with Gasteiger partial charge in [0.1, 0.15) is 17.7 Å². The van der Waals surface area contributed by atoms with E-state index in [0.717, 1.165) is 0 Å². The number of aliphatic carboxylic acids is 1. The molecule has 0 heterocycles. The summed E-state index contributed by atoms with van der Waals surface area (Å²) in [5.74, 6) is -2.12. The average Bonchev–Trinajstić information content (AvgIpc) is 2.44. The fourth-order valence-corrected chi connectivity index (χ4v) is 2.01. The van der Waals surface area contributed by atoms with Crippen molar-refractivity contribution in [3.8, 4) is 0 Å². The minimum absolute atomic E-state index is 0.0958. The molecule has 0 saturated carbocycles. The van der Waals surface area contributed by atoms with Crippen molar-refractivity contribution in [2.45, 2.75) is 65.1 Å². The van der Waals surface area contributed by atoms with Crippen LogP contribution < -0.4 is 21.7 Å². The summed E-state index contributed by atoms with van der Waals surface area (Å²) in [5.41, 5.74) is 4.20. The molecule has 0 radical (unpaired) electrons. The van der Waals surface area contributed by atoms with Gasteiger partial charge in [-0.25, -0.2) is 14.4 Å². The predicted molar refractivity (Wildman–Crippen MR) is 94.4 cm³/mol. The van der Waals surface area contributed by atoms with Crippen molar-refractivity contribution in [2.24, 2.45) is 11.7 Å². The standard InChI is InChI=1S/C16H30N4O6/c1-9(2)11(20-15(25)26-16(3,4)5)12(21)19-10(13(22)23)7-6-8-18-14(17)24/h9-11H,6-8H2,1-5H3,(H,19,21)(H,20,25)(H,22,23)(H3,17,18,24)/t10-,11?/m0/s1. The van der Waals surface area contributed by atoms with Crippen LogP contribution in [0.1, 0.15) is 47.5 Å². The highest BCUT2D eigenvalue weighted by Gasteiger charge is 2.30. The van der Waals surface area contributed by atoms with Gasteiger partial charge in [0.25, 0.3) is 0 Å². The largest absolute Gasteiger partial charge is 0.480 e. The van der Waals surface area contributed by atoms with Gasteiger partial charge in [0.05, 0.1) is 0 Å². The Morgan fingerprint density at radius 2 is 1.69 bits per heavy atom. The second kappa shape index (κ2) is 10.5. The SMILES string of the molecule is CC(C)C(NC(=O)OC(C)(C)C)C(=O)N[C@@H](CCCNC(N)=O)C(=O)O. The van der Waals surface area contributed by atoms with Gasteiger partial charge in [0.15, 0.2) is 0 Å². The molecule has 0 rings (SSSR count). The van der Waals surface area contributed by atoms with Gasteiger partial charge in [0.2, 0.25) is 5.91 Å². The number of carboxylic acids is 1. The average molecular weight is 374 g/mol. The van der Waals surface area contributed by atoms with Gasteiger partial charge >= 0.3 is 18.1 Å². The maximum absolute atomic E-state index is 12.4. The van der Waals surface area contributed by atoms with Crippen molar-refractivity contribution in [1.29, 1.82) is 0 Å². The van der Waals surface area contributed by atoms with Crippen molar-refractivity contribution in [2.75, 3.05) is 6.54 Å². The number of rotatable bonds is 9. The zero-order valence-electron chi connectivity index (χ0n) is 15.9. The Kier molecular flexibility index (Phi) is 9.45. The van der Waals surface area contributed by atoms with Crippen LogP contribution in [0.15, 0.2) is 0 Å². The van der Waals surface area contributed by atoms with E-state index in [4.69, 9.17) is 10.5 Å². The molecular weight excluding hydrogens is 344 g/mol. The molecule has 0 saturated heterocycles. The lowest BCUT2D eigenvalue weighted by Crippen LogP contribution is -2.54. The van der Waals surface area contributed by atoms with Gasteiger partial charge in [-0.2, -0.15) is 0 Å². The van der Waals surface area contributed by atoms with Crippen molar-refractivity contribution < 1.29 is 29.0 Å². The number of carbonyl (C=O) groups is 4. The van der Waals surface area contributed by atoms with Crippen molar-refractivity contribution in [3.05, 3.63) is 0 Å². The van der Waals surface area contributed by atoms with Gasteiger partial charge < -0.3 is 31.5 Å². The van der Waals surface area contributed by atoms with E-state index in [1.165, 1.54) is 0 Å². The van der Waals surface area contributed by atoms with Gasteiger partial charge in [-0.15, -0.1) is 0 Å². The topological polar surface area (TPSA) is 160 Å². The maximum Gasteiger partial charge on any atom is 0.408 e. The number of urea groups is 1. The summed E-state index contributed by atoms with van der Waals surface area (Å²) in [7, 11) is 0. The lowest BCUT2D eigenvalue weighted by molar-refractivity contribution is -0.142. The van der Waals surface area contributed by atoms with Crippen LogP contribution in [0.5, 0.6) is 0 Å². The van der Waals surface area contributed by atoms with E-state index in [2.05, 4.69) is 16.0 Å². The summed E-state index contributed by atoms with van der Waals surface area (Å²) < 4.78 is 5.12. The first-order chi connectivity index (χ1) is 11.8. The lowest BCUT2D eigenvalue weighted by Gasteiger charge is -2.26. The third-order valence-corrected chi connectivity index (χ3v) is 3.20. The minimum Gasteiger partial charge on any atom is -0.480 e. The van der Waals surface area contributed by atoms with Crippen LogP contribution in [0.4, 0.5) is 9.59 Å². The van der Waals surface area contributed by atoms with Crippen LogP contribution in [0.25, 0.3) is 0 Å². The fourth-order valence-electron chi connectivity index (χ4n) is 2.01. The molecule has 6 N–H and O–H groups in total. The van der Waals surface area contributed by atoms with E-state index in [1.807, 2.05) is 0 Å². The highest BCUT2D eigenvalue weighted by molar-refractivity contribution is 5.89. The van der Waals surface area contributed by atoms with E-state index in [0.29, 0.717) is 6.42 Å². The van der Waals surface area contributed by atoms with Crippen LogP contribution in [-0.2, 0) is 14.3 Å². The van der Waals surface area contributed by atoms with Gasteiger partial charge in [-0.3, -0.25) is 4.79 Å². The van der Waals surface area contributed by atoms with E-state index < -0.39 is 41.7 Å². The van der Waals surface area contributed by atoms with Crippen LogP contribution in [0.2, 0.25) is 0 Å². The van der Waals surface area contributed by atoms with Crippen LogP contribution >= 0.6 is 0 Å². The number of primary amides is 1. The number of amides is 4. The van der Waals surface area contributed by atoms with Gasteiger partial charge in [0, 0.05) is 6.54 Å². The minimum atomic E-state index is -1.21. The van der Waals surface area contributed by atoms with Crippen LogP contribution in [0, 0.1) is 5.92 Å². The van der Waals surface area contributed by atoms with Gasteiger partial charge in [-0.1, -0.05) is 13.8 Å². The molecule has 0 aliphatic rings. The molecule has 0 aliphatic heterocycles. The first-order valence-corrected chi connectivity index (χ1v) is 8.39. The molecule has 0 bridgehead atoms. The Labute approximate surface area is 153 Å². The number of carboxylic acid groups (broad SMARTS) is 1. The van der Waals surface area contributed by atoms with Gasteiger partial charge in [-0.05, 0) is 39.5 Å². The first kappa shape index (κ1) is 23.5. The zero-order valence-corrected chi connectivity index (χ0v) is 15.9. The zero-order chi connectivity index (χ0) is 20.5. The normalized spacial score (nSPS) is 13.5. The number of ether oxygens (including phenoxy) is 1. The second-order valence-corrected chi connectivity index (χ2v) is 7.20. The second-order valence-electron chi connectivity index (χ2n) is 7.20. The Hall–Kier alpha value is -2.52. The summed E-state index contributed by atoms with van der Waals surface area (Å²) in [6.07, 6.45) is -0.353. The predicted octanol–water partition coefficient (Wildman–Crippen LogP) is 0.554. The third-order valence-electron chi connectivity index (χ3n) is 3.20. The summed E-state index contributed by atoms with van der Waals surface area (Å²) in [6, 6.07) is -2.81. The van der Waals surface area contributed by atoms with Crippen molar-refractivity contribution in [3.63, 3.8) is 0 Å². The van der Waals surface area contributed by atoms with E-state index in [9.17, 15) is 24.3 Å². The fraction of sp³-hybridized carbons (Fsp3) is 0.750. The Bertz CT molecular complexity index is 515. The van der Waals surface area contributed by atoms with E-state index in [-0.39, 0.29) is 18.9 Å². The Morgan fingerprint density at radius 1 is 1.12 bits per heavy atom. The summed E-state index contributed by atoms with van der Waals surface area (Å²) >= 11 is 0. The highest BCUT2D eigenvalue weighted by Crippen LogP contribution is 2.09. The molecule has 10 nitrogen and oxygen atoms in total. The van der Waals surface area contributed by atoms with Crippen molar-refractivity contribution in [1.82, 2.24) is 16.0 Å². The van der Waals surface area contributed by atoms with E-state index >= 15 is 0 Å². The quantitative estimate of drug-likeness (QED) is 0.371. The molecule has 0 aliphatic carbocycles. The monoisotopic (exact) mass is 374 g/mol. The number of nitrogens with one attached hydrogen (secondary N) is 3. The summed E-state index contributed by atoms with van der Waals surface area (Å²) in [6.45, 7) is 8.70. The molecule has 10 heteroatoms. The Morgan fingerprint density at radius 3 is 2.12 bits per heavy atom. The molecule has 26 heavy (non-hydrogen) atoms. The molecule has 1 unspecified atom stereocenters. The lowest BCUT2D eigenvalue weighted by atomic mass is 10.0. The molecule has 0 aromatic rings. The number of nitrogens with two attached hydrogens (primary N) is 1. The van der Waals surface area contributed by atoms with Crippen molar-refractivity contribution >= 4 is 24.0 Å². The molecule has 4 amide bonds. The molecule has 150 valence electrons. The number of hydrogen-bond donors (Lipinski definition) is 5. The number of hydrogen-bond acceptors (Lipinski definition) is 5. The third kappa shape index (κ3) is 10.4. The Balaban J connectivity index is 4.80. The molecule has 0 aromatic carbocycles. The molecule has 2 atom stereocenters. The molecule has 0 aromatic heterocycles. The summed E-state index contributed by atoms with van der Waals surface area (Å²) in [4.78, 5) is 46.2. The maximum atomic E-state index is 12.4. The molecule has 0 fully saturated rings. The van der Waals surface area contributed by atoms with Crippen LogP contribution in [0.3, 0.4) is 0 Å². The highest BCUT2D eigenvalue weighted by atomic mass is 16.6. The first-order valence-electron chi connectivity index (χ1n) is 8.39. The molecular formula is C16H30N4O6.